The SMILES string of the molecule is Cc1c2cc(O)c3cc4c(O)c(cc(O)c4cc13)Cc1cc(c(O)cc1O)Cc1cc(O)c3cc4c(O)c(cc(O)c4cc3c1O)Cc1cc(c(O)cc1O)C2. The lowest BCUT2D eigenvalue weighted by molar-refractivity contribution is 0.440. The van der Waals surface area contributed by atoms with Gasteiger partial charge in [0.25, 0.3) is 0 Å². The highest BCUT2D eigenvalue weighted by Crippen LogP contribution is 2.47. The molecule has 16 bridgehead atoms. The Bertz CT molecular complexity index is 2650. The predicted octanol–water partition coefficient (Wildman–Crippen LogP) is 8.05. The molecule has 12 aliphatic rings. The number of hydrogen-bond acceptors (Lipinski definition) is 11. The van der Waals surface area contributed by atoms with E-state index in [0.717, 1.165) is 6.07 Å². The largest absolute Gasteiger partial charge is 0.508 e. The van der Waals surface area contributed by atoms with Gasteiger partial charge in [-0.25, -0.2) is 0 Å². The predicted molar refractivity (Wildman–Crippen MR) is 210 cm³/mol. The molecule has 8 aromatic rings. The molecule has 20 rings (SSSR count). The lowest BCUT2D eigenvalue weighted by Crippen LogP contribution is -1.98. The van der Waals surface area contributed by atoms with E-state index in [-0.39, 0.29) is 144 Å². The highest BCUT2D eigenvalue weighted by Gasteiger charge is 2.23. The van der Waals surface area contributed by atoms with Crippen LogP contribution in [-0.2, 0) is 25.7 Å². The first kappa shape index (κ1) is 34.4. The van der Waals surface area contributed by atoms with Crippen LogP contribution in [-0.4, -0.2) is 56.2 Å². The van der Waals surface area contributed by atoms with Crippen LogP contribution in [0.25, 0.3) is 43.1 Å². The van der Waals surface area contributed by atoms with Gasteiger partial charge >= 0.3 is 0 Å². The fourth-order valence-electron chi connectivity index (χ4n) is 8.24. The Balaban J connectivity index is 1.31. The Hall–Kier alpha value is -7.40. The molecule has 0 unspecified atom stereocenters. The molecule has 11 nitrogen and oxygen atoms in total. The van der Waals surface area contributed by atoms with Crippen molar-refractivity contribution in [2.75, 3.05) is 0 Å². The number of aromatic hydroxyl groups is 11. The number of aryl methyl sites for hydroxylation is 1. The van der Waals surface area contributed by atoms with Gasteiger partial charge in [0.15, 0.2) is 0 Å². The molecule has 280 valence electrons. The molecule has 0 saturated carbocycles. The third-order valence-electron chi connectivity index (χ3n) is 11.3. The normalized spacial score (nSPS) is 12.9. The molecule has 11 N–H and O–H groups in total. The zero-order valence-electron chi connectivity index (χ0n) is 29.7. The summed E-state index contributed by atoms with van der Waals surface area (Å²) in [6.45, 7) is 1.82. The van der Waals surface area contributed by atoms with Crippen molar-refractivity contribution in [3.05, 3.63) is 123 Å². The first-order chi connectivity index (χ1) is 26.7. The van der Waals surface area contributed by atoms with Crippen molar-refractivity contribution in [2.24, 2.45) is 0 Å². The Morgan fingerprint density at radius 1 is 0.250 bits per heavy atom. The van der Waals surface area contributed by atoms with Gasteiger partial charge in [0.2, 0.25) is 0 Å². The van der Waals surface area contributed by atoms with Crippen molar-refractivity contribution < 1.29 is 56.2 Å². The third-order valence-corrected chi connectivity index (χ3v) is 11.3. The van der Waals surface area contributed by atoms with Gasteiger partial charge in [-0.1, -0.05) is 0 Å². The number of phenols is 11. The average Bonchev–Trinajstić information content (AvgIpc) is 3.15. The first-order valence-electron chi connectivity index (χ1n) is 17.7. The fourth-order valence-corrected chi connectivity index (χ4v) is 8.24. The highest BCUT2D eigenvalue weighted by atomic mass is 16.3. The Labute approximate surface area is 317 Å². The molecule has 0 radical (unpaired) electrons. The Kier molecular flexibility index (Phi) is 7.40. The number of benzene rings is 8. The molecule has 0 aliphatic heterocycles. The van der Waals surface area contributed by atoms with E-state index in [4.69, 9.17) is 0 Å². The van der Waals surface area contributed by atoms with Crippen LogP contribution < -0.4 is 0 Å². The van der Waals surface area contributed by atoms with Crippen molar-refractivity contribution >= 4 is 43.1 Å². The van der Waals surface area contributed by atoms with Gasteiger partial charge in [0.05, 0.1) is 0 Å². The van der Waals surface area contributed by atoms with Crippen LogP contribution in [0.4, 0.5) is 0 Å². The highest BCUT2D eigenvalue weighted by molar-refractivity contribution is 6.09. The van der Waals surface area contributed by atoms with Gasteiger partial charge in [-0.05, 0) is 106 Å². The summed E-state index contributed by atoms with van der Waals surface area (Å²) in [7, 11) is 0. The molecule has 12 aliphatic carbocycles. The number of hydrogen-bond donors (Lipinski definition) is 11. The molecule has 0 fully saturated rings. The molecule has 0 heterocycles. The van der Waals surface area contributed by atoms with Crippen molar-refractivity contribution in [1.29, 1.82) is 0 Å². The molecular weight excluding hydrogens is 716 g/mol. The van der Waals surface area contributed by atoms with Crippen LogP contribution in [0.5, 0.6) is 63.2 Å². The molecule has 0 atom stereocenters. The summed E-state index contributed by atoms with van der Waals surface area (Å²) >= 11 is 0. The van der Waals surface area contributed by atoms with Crippen molar-refractivity contribution in [2.45, 2.75) is 32.6 Å². The van der Waals surface area contributed by atoms with E-state index >= 15 is 0 Å². The Morgan fingerprint density at radius 2 is 0.518 bits per heavy atom. The van der Waals surface area contributed by atoms with Gasteiger partial charge in [0, 0.05) is 92.2 Å². The first-order valence-corrected chi connectivity index (χ1v) is 17.7. The molecule has 0 aromatic heterocycles. The van der Waals surface area contributed by atoms with Gasteiger partial charge < -0.3 is 56.2 Å². The minimum Gasteiger partial charge on any atom is -0.508 e. The fraction of sp³-hybridized carbons (Fsp3) is 0.111. The summed E-state index contributed by atoms with van der Waals surface area (Å²) < 4.78 is 0. The molecule has 8 aromatic carbocycles. The second kappa shape index (κ2) is 12.1. The average molecular weight is 751 g/mol. The van der Waals surface area contributed by atoms with Crippen LogP contribution in [0, 0.1) is 6.92 Å². The van der Waals surface area contributed by atoms with Gasteiger partial charge in [-0.2, -0.15) is 0 Å². The lowest BCUT2D eigenvalue weighted by atomic mass is 9.89. The summed E-state index contributed by atoms with van der Waals surface area (Å²) in [5, 5.41) is 125. The number of rotatable bonds is 0. The topological polar surface area (TPSA) is 223 Å². The maximum Gasteiger partial charge on any atom is 0.127 e. The van der Waals surface area contributed by atoms with Crippen LogP contribution in [0.1, 0.15) is 50.1 Å². The summed E-state index contributed by atoms with van der Waals surface area (Å²) in [6, 6.07) is 17.0. The van der Waals surface area contributed by atoms with E-state index in [9.17, 15) is 56.2 Å². The molecule has 11 heteroatoms. The maximum atomic E-state index is 11.6. The quantitative estimate of drug-likeness (QED) is 0.0526. The van der Waals surface area contributed by atoms with Crippen molar-refractivity contribution in [1.82, 2.24) is 0 Å². The zero-order chi connectivity index (χ0) is 39.5. The molecule has 56 heavy (non-hydrogen) atoms. The van der Waals surface area contributed by atoms with E-state index in [1.165, 1.54) is 42.5 Å². The van der Waals surface area contributed by atoms with Crippen LogP contribution in [0.2, 0.25) is 0 Å². The van der Waals surface area contributed by atoms with Gasteiger partial charge in [-0.3, -0.25) is 0 Å². The molecule has 0 saturated heterocycles. The molecule has 0 spiro atoms. The van der Waals surface area contributed by atoms with Crippen molar-refractivity contribution in [3.63, 3.8) is 0 Å². The van der Waals surface area contributed by atoms with E-state index in [1.54, 1.807) is 24.3 Å². The molecular formula is C45H34O11. The van der Waals surface area contributed by atoms with Gasteiger partial charge in [-0.15, -0.1) is 0 Å². The van der Waals surface area contributed by atoms with E-state index in [0.29, 0.717) is 38.4 Å². The maximum absolute atomic E-state index is 11.6. The number of phenolic OH excluding ortho intramolecular Hbond substituents is 11. The second-order valence-electron chi connectivity index (χ2n) is 14.7. The lowest BCUT2D eigenvalue weighted by Gasteiger charge is -2.18. The van der Waals surface area contributed by atoms with Crippen molar-refractivity contribution in [3.8, 4) is 63.2 Å². The van der Waals surface area contributed by atoms with E-state index in [2.05, 4.69) is 0 Å². The summed E-state index contributed by atoms with van der Waals surface area (Å²) in [4.78, 5) is 0. The summed E-state index contributed by atoms with van der Waals surface area (Å²) in [6.07, 6.45) is -0.200. The van der Waals surface area contributed by atoms with Crippen LogP contribution >= 0.6 is 0 Å². The van der Waals surface area contributed by atoms with E-state index < -0.39 is 0 Å². The Morgan fingerprint density at radius 3 is 0.857 bits per heavy atom. The minimum absolute atomic E-state index is 0.0839. The summed E-state index contributed by atoms with van der Waals surface area (Å²) in [5.74, 6) is -2.62. The minimum atomic E-state index is -0.305. The smallest absolute Gasteiger partial charge is 0.127 e. The van der Waals surface area contributed by atoms with Crippen LogP contribution in [0.3, 0.4) is 0 Å². The van der Waals surface area contributed by atoms with Gasteiger partial charge in [0.1, 0.15) is 63.2 Å². The summed E-state index contributed by atoms with van der Waals surface area (Å²) in [5.41, 5.74) is 3.20. The molecule has 0 amide bonds. The second-order valence-corrected chi connectivity index (χ2v) is 14.7. The standard InChI is InChI=1S/C45H34O11/c1-18-19-2-20-3-21(36(47)16-35(20)46)5-25-10-41(52)30-15-34-31(14-33(30)44(25)55)42(53)11-26(45(34)56)7-23-4-22(37(48)17-38(23)49)6-24-9-40(51)29-12-27(18)28(39(50)8-19)13-32(29)43(24)54/h3-4,8-17,46-56H,2,5-7H2,1H3. The monoisotopic (exact) mass is 750 g/mol. The van der Waals surface area contributed by atoms with Crippen LogP contribution in [0.15, 0.2) is 72.8 Å². The zero-order valence-corrected chi connectivity index (χ0v) is 29.7. The van der Waals surface area contributed by atoms with E-state index in [1.807, 2.05) is 6.92 Å². The third kappa shape index (κ3) is 5.19.